The molecular weight excluding hydrogens is 767 g/mol. The molecule has 9 rings (SSSR count). The summed E-state index contributed by atoms with van der Waals surface area (Å²) in [5, 5.41) is 4.78. The fourth-order valence-corrected chi connectivity index (χ4v) is 9.61. The Morgan fingerprint density at radius 3 is 2.30 bits per heavy atom. The van der Waals surface area contributed by atoms with E-state index in [4.69, 9.17) is 23.7 Å². The molecule has 3 aliphatic heterocycles. The summed E-state index contributed by atoms with van der Waals surface area (Å²) < 4.78 is 30.3. The normalized spacial score (nSPS) is 19.0. The molecule has 2 fully saturated rings. The van der Waals surface area contributed by atoms with Crippen molar-refractivity contribution in [2.24, 2.45) is 0 Å². The summed E-state index contributed by atoms with van der Waals surface area (Å²) in [6, 6.07) is 32.5. The number of carbonyl (C=O) groups excluding carboxylic acids is 2. The second-order valence-electron chi connectivity index (χ2n) is 16.9. The van der Waals surface area contributed by atoms with Gasteiger partial charge in [0.2, 0.25) is 0 Å². The van der Waals surface area contributed by atoms with Gasteiger partial charge in [0.25, 0.3) is 0 Å². The van der Waals surface area contributed by atoms with Gasteiger partial charge in [0.05, 0.1) is 32.6 Å². The number of ether oxygens (including phenoxy) is 5. The van der Waals surface area contributed by atoms with Crippen LogP contribution < -0.4 is 24.6 Å². The molecule has 4 aliphatic rings. The Morgan fingerprint density at radius 2 is 1.57 bits per heavy atom. The highest BCUT2D eigenvalue weighted by molar-refractivity contribution is 6.10. The predicted molar refractivity (Wildman–Crippen MR) is 240 cm³/mol. The minimum absolute atomic E-state index is 0.0482. The van der Waals surface area contributed by atoms with Crippen molar-refractivity contribution in [3.8, 4) is 22.6 Å². The average molecular weight is 820 g/mol. The van der Waals surface area contributed by atoms with Crippen LogP contribution >= 0.6 is 0 Å². The number of rotatable bonds is 10. The first-order valence-corrected chi connectivity index (χ1v) is 21.3. The molecule has 5 aromatic carbocycles. The van der Waals surface area contributed by atoms with Crippen LogP contribution in [0.5, 0.6) is 11.5 Å². The quantitative estimate of drug-likeness (QED) is 0.0841. The van der Waals surface area contributed by atoms with Crippen molar-refractivity contribution in [3.63, 3.8) is 0 Å². The molecule has 10 heteroatoms. The number of nitrogens with one attached hydrogen (secondary N) is 1. The number of piperidine rings is 1. The van der Waals surface area contributed by atoms with Crippen molar-refractivity contribution in [1.29, 1.82) is 0 Å². The van der Waals surface area contributed by atoms with Crippen molar-refractivity contribution in [1.82, 2.24) is 5.32 Å². The van der Waals surface area contributed by atoms with Gasteiger partial charge >= 0.3 is 12.1 Å². The molecule has 1 amide bonds. The number of alkyl carbamates (subject to hydrolysis) is 1. The van der Waals surface area contributed by atoms with Crippen molar-refractivity contribution in [2.75, 3.05) is 69.5 Å². The number of carbonyl (C=O) groups is 2. The van der Waals surface area contributed by atoms with E-state index in [2.05, 4.69) is 133 Å². The minimum Gasteiger partial charge on any atom is -0.495 e. The number of morpholine rings is 1. The molecule has 5 aromatic rings. The molecule has 1 N–H and O–H groups in total. The lowest BCUT2D eigenvalue weighted by atomic mass is 9.76. The molecule has 1 unspecified atom stereocenters. The summed E-state index contributed by atoms with van der Waals surface area (Å²) >= 11 is 0. The third-order valence-corrected chi connectivity index (χ3v) is 12.7. The van der Waals surface area contributed by atoms with Gasteiger partial charge in [-0.25, -0.2) is 9.59 Å². The van der Waals surface area contributed by atoms with Gasteiger partial charge in [-0.15, -0.1) is 0 Å². The summed E-state index contributed by atoms with van der Waals surface area (Å²) in [6.45, 7) is 14.5. The molecule has 0 saturated carbocycles. The van der Waals surface area contributed by atoms with Gasteiger partial charge in [0.15, 0.2) is 5.60 Å². The molecule has 0 radical (unpaired) electrons. The summed E-state index contributed by atoms with van der Waals surface area (Å²) in [5.74, 6) is 1.09. The van der Waals surface area contributed by atoms with Gasteiger partial charge in [0.1, 0.15) is 24.2 Å². The molecule has 1 aliphatic carbocycles. The molecule has 0 bridgehead atoms. The predicted octanol–water partition coefficient (Wildman–Crippen LogP) is 9.16. The van der Waals surface area contributed by atoms with Gasteiger partial charge in [0, 0.05) is 77.8 Å². The first kappa shape index (κ1) is 40.2. The highest BCUT2D eigenvalue weighted by Crippen LogP contribution is 2.59. The van der Waals surface area contributed by atoms with Gasteiger partial charge in [-0.1, -0.05) is 93.2 Å². The SMILES string of the molecule is C=C(C)C(=O)OCCNC(=O)OC1CCN(c2cc3c4c(c5c(c3cc2OC)OC(c2ccccc2)(c2ccc(N3CCOCC3)cc2)C=C5)C(C)(C)c2ccccc2-4)CC1. The van der Waals surface area contributed by atoms with Crippen LogP contribution in [0.2, 0.25) is 0 Å². The van der Waals surface area contributed by atoms with Crippen molar-refractivity contribution < 1.29 is 33.3 Å². The van der Waals surface area contributed by atoms with Crippen molar-refractivity contribution in [3.05, 3.63) is 137 Å². The molecule has 61 heavy (non-hydrogen) atoms. The fraction of sp³-hybridized carbons (Fsp3) is 0.333. The minimum atomic E-state index is -0.899. The van der Waals surface area contributed by atoms with Gasteiger partial charge in [-0.2, -0.15) is 0 Å². The summed E-state index contributed by atoms with van der Waals surface area (Å²) in [6.07, 6.45) is 5.06. The Hall–Kier alpha value is -6.26. The van der Waals surface area contributed by atoms with E-state index >= 15 is 0 Å². The molecule has 10 nitrogen and oxygen atoms in total. The largest absolute Gasteiger partial charge is 0.495 e. The second-order valence-corrected chi connectivity index (χ2v) is 16.9. The van der Waals surface area contributed by atoms with E-state index in [1.54, 1.807) is 14.0 Å². The van der Waals surface area contributed by atoms with Crippen molar-refractivity contribution in [2.45, 2.75) is 50.7 Å². The standard InChI is InChI=1S/C51H53N3O7/c1-33(2)48(55)59-28-23-52-49(56)60-37-20-24-54(25-21-37)43-31-40-41(32-44(43)57-5)47-39(46-45(40)38-13-9-10-14-42(38)50(46,3)4)19-22-51(61-47,34-11-7-6-8-12-34)35-15-17-36(18-16-35)53-26-29-58-30-27-53/h6-19,22,31-32,37H,1,20-21,23-30H2,2-5H3,(H,52,56). The molecule has 3 heterocycles. The zero-order valence-electron chi connectivity index (χ0n) is 35.4. The average Bonchev–Trinajstić information content (AvgIpc) is 3.54. The maximum atomic E-state index is 12.6. The zero-order chi connectivity index (χ0) is 42.3. The number of methoxy groups -OCH3 is 1. The maximum Gasteiger partial charge on any atom is 0.407 e. The topological polar surface area (TPSA) is 98.8 Å². The molecule has 0 aromatic heterocycles. The Kier molecular flexibility index (Phi) is 10.7. The van der Waals surface area contributed by atoms with Gasteiger partial charge in [-0.3, -0.25) is 0 Å². The van der Waals surface area contributed by atoms with Gasteiger partial charge < -0.3 is 38.8 Å². The lowest BCUT2D eigenvalue weighted by molar-refractivity contribution is -0.138. The lowest BCUT2D eigenvalue weighted by Crippen LogP contribution is -2.40. The second kappa shape index (κ2) is 16.3. The Labute approximate surface area is 357 Å². The van der Waals surface area contributed by atoms with E-state index in [1.165, 1.54) is 27.9 Å². The number of nitrogens with zero attached hydrogens (tertiary/aromatic N) is 2. The first-order valence-electron chi connectivity index (χ1n) is 21.3. The Morgan fingerprint density at radius 1 is 0.869 bits per heavy atom. The Bertz CT molecular complexity index is 2520. The van der Waals surface area contributed by atoms with Crippen LogP contribution in [0.3, 0.4) is 0 Å². The van der Waals surface area contributed by atoms with Crippen LogP contribution in [0.4, 0.5) is 16.2 Å². The van der Waals surface area contributed by atoms with Crippen LogP contribution in [-0.4, -0.2) is 77.8 Å². The third kappa shape index (κ3) is 7.26. The molecule has 1 atom stereocenters. The lowest BCUT2D eigenvalue weighted by Gasteiger charge is -2.39. The van der Waals surface area contributed by atoms with E-state index < -0.39 is 17.7 Å². The van der Waals surface area contributed by atoms with Gasteiger partial charge in [-0.05, 0) is 64.9 Å². The number of amides is 1. The van der Waals surface area contributed by atoms with Crippen LogP contribution in [0, 0.1) is 0 Å². The number of esters is 1. The number of fused-ring (bicyclic) bond motifs is 8. The molecular formula is C51H53N3O7. The smallest absolute Gasteiger partial charge is 0.407 e. The van der Waals surface area contributed by atoms with E-state index in [-0.39, 0.29) is 24.7 Å². The third-order valence-electron chi connectivity index (χ3n) is 12.7. The highest BCUT2D eigenvalue weighted by Gasteiger charge is 2.44. The highest BCUT2D eigenvalue weighted by atomic mass is 16.6. The van der Waals surface area contributed by atoms with Crippen LogP contribution in [0.15, 0.2) is 109 Å². The van der Waals surface area contributed by atoms with E-state index in [0.717, 1.165) is 71.0 Å². The van der Waals surface area contributed by atoms with Crippen LogP contribution in [0.1, 0.15) is 61.4 Å². The summed E-state index contributed by atoms with van der Waals surface area (Å²) in [7, 11) is 1.72. The van der Waals surface area contributed by atoms with E-state index in [1.807, 2.05) is 6.07 Å². The molecule has 314 valence electrons. The number of anilines is 2. The van der Waals surface area contributed by atoms with Crippen molar-refractivity contribution >= 4 is 40.3 Å². The summed E-state index contributed by atoms with van der Waals surface area (Å²) in [5.41, 5.74) is 9.43. The van der Waals surface area contributed by atoms with E-state index in [9.17, 15) is 9.59 Å². The molecule has 2 saturated heterocycles. The van der Waals surface area contributed by atoms with Crippen LogP contribution in [0.25, 0.3) is 28.0 Å². The summed E-state index contributed by atoms with van der Waals surface area (Å²) in [4.78, 5) is 29.0. The number of hydrogen-bond donors (Lipinski definition) is 1. The zero-order valence-corrected chi connectivity index (χ0v) is 35.4. The Balaban J connectivity index is 1.09. The van der Waals surface area contributed by atoms with E-state index in [0.29, 0.717) is 31.5 Å². The molecule has 0 spiro atoms. The number of hydrogen-bond acceptors (Lipinski definition) is 9. The van der Waals surface area contributed by atoms with Crippen LogP contribution in [-0.2, 0) is 30.0 Å². The maximum absolute atomic E-state index is 12.6. The monoisotopic (exact) mass is 819 g/mol. The fourth-order valence-electron chi connectivity index (χ4n) is 9.61. The first-order chi connectivity index (χ1) is 29.6. The number of benzene rings is 5.